The van der Waals surface area contributed by atoms with Crippen LogP contribution in [0.3, 0.4) is 0 Å². The lowest BCUT2D eigenvalue weighted by Gasteiger charge is -2.18. The van der Waals surface area contributed by atoms with Crippen LogP contribution in [0.5, 0.6) is 5.75 Å². The first-order valence-corrected chi connectivity index (χ1v) is 9.68. The molecule has 0 saturated heterocycles. The first kappa shape index (κ1) is 18.6. The molecule has 1 heterocycles. The van der Waals surface area contributed by atoms with Crippen molar-refractivity contribution in [2.24, 2.45) is 0 Å². The molecule has 3 aromatic rings. The van der Waals surface area contributed by atoms with E-state index in [1.807, 2.05) is 25.1 Å². The van der Waals surface area contributed by atoms with Crippen LogP contribution in [0.4, 0.5) is 5.95 Å². The third-order valence-corrected chi connectivity index (χ3v) is 4.93. The number of rotatable bonds is 8. The second-order valence-corrected chi connectivity index (χ2v) is 7.14. The van der Waals surface area contributed by atoms with Gasteiger partial charge in [-0.25, -0.2) is 4.98 Å². The number of hydrogen-bond donors (Lipinski definition) is 2. The van der Waals surface area contributed by atoms with E-state index in [1.54, 1.807) is 18.2 Å². The summed E-state index contributed by atoms with van der Waals surface area (Å²) in [6.45, 7) is 5.15. The van der Waals surface area contributed by atoms with E-state index in [4.69, 9.17) is 16.6 Å². The molecular formula is C21H26ClN3O. The number of nitrogens with one attached hydrogen (secondary N) is 1. The highest BCUT2D eigenvalue weighted by Gasteiger charge is 2.16. The Balaban J connectivity index is 1.87. The molecule has 0 fully saturated rings. The second-order valence-electron chi connectivity index (χ2n) is 6.71. The molecule has 0 saturated carbocycles. The Labute approximate surface area is 159 Å². The molecular weight excluding hydrogens is 346 g/mol. The number of unbranched alkanes of at least 4 members (excludes halogenated alkanes) is 3. The molecule has 3 rings (SSSR count). The third-order valence-electron chi connectivity index (χ3n) is 4.69. The summed E-state index contributed by atoms with van der Waals surface area (Å²) in [5, 5.41) is 14.2. The molecule has 138 valence electrons. The number of aryl methyl sites for hydroxylation is 1. The van der Waals surface area contributed by atoms with Gasteiger partial charge in [0.25, 0.3) is 0 Å². The van der Waals surface area contributed by atoms with Crippen LogP contribution in [0.1, 0.15) is 51.1 Å². The minimum atomic E-state index is -0.111. The van der Waals surface area contributed by atoms with E-state index in [0.29, 0.717) is 5.02 Å². The molecule has 0 aliphatic rings. The number of nitrogens with zero attached hydrogens (tertiary/aromatic N) is 2. The summed E-state index contributed by atoms with van der Waals surface area (Å²) < 4.78 is 2.24. The summed E-state index contributed by atoms with van der Waals surface area (Å²) in [7, 11) is 0. The molecule has 2 aromatic carbocycles. The number of para-hydroxylation sites is 2. The summed E-state index contributed by atoms with van der Waals surface area (Å²) in [6, 6.07) is 13.2. The van der Waals surface area contributed by atoms with Crippen molar-refractivity contribution in [2.45, 2.75) is 52.1 Å². The number of aromatic hydroxyl groups is 1. The summed E-state index contributed by atoms with van der Waals surface area (Å²) in [5.41, 5.74) is 2.88. The zero-order valence-corrected chi connectivity index (χ0v) is 16.1. The molecule has 5 heteroatoms. The summed E-state index contributed by atoms with van der Waals surface area (Å²) >= 11 is 6.10. The quantitative estimate of drug-likeness (QED) is 0.467. The van der Waals surface area contributed by atoms with E-state index in [-0.39, 0.29) is 11.8 Å². The monoisotopic (exact) mass is 371 g/mol. The Bertz CT molecular complexity index is 875. The van der Waals surface area contributed by atoms with Gasteiger partial charge >= 0.3 is 0 Å². The number of phenols is 1. The average Bonchev–Trinajstić information content (AvgIpc) is 2.98. The smallest absolute Gasteiger partial charge is 0.204 e. The SMILES string of the molecule is CCCCCCn1c(NC(C)c2cc(Cl)ccc2O)nc2ccccc21. The van der Waals surface area contributed by atoms with Crippen LogP contribution in [-0.4, -0.2) is 14.7 Å². The van der Waals surface area contributed by atoms with Gasteiger partial charge in [0, 0.05) is 17.1 Å². The van der Waals surface area contributed by atoms with Crippen molar-refractivity contribution < 1.29 is 5.11 Å². The number of phenolic OH excluding ortho intramolecular Hbond substituents is 1. The first-order valence-electron chi connectivity index (χ1n) is 9.30. The van der Waals surface area contributed by atoms with Gasteiger partial charge in [-0.3, -0.25) is 0 Å². The largest absolute Gasteiger partial charge is 0.508 e. The van der Waals surface area contributed by atoms with Crippen LogP contribution in [-0.2, 0) is 6.54 Å². The Hall–Kier alpha value is -2.20. The standard InChI is InChI=1S/C21H26ClN3O/c1-3-4-5-8-13-25-19-10-7-6-9-18(19)24-21(25)23-15(2)17-14-16(22)11-12-20(17)26/h6-7,9-12,14-15,26H,3-5,8,13H2,1-2H3,(H,23,24). The van der Waals surface area contributed by atoms with Gasteiger partial charge in [-0.15, -0.1) is 0 Å². The topological polar surface area (TPSA) is 50.1 Å². The van der Waals surface area contributed by atoms with Crippen LogP contribution in [0.2, 0.25) is 5.02 Å². The molecule has 0 aliphatic heterocycles. The molecule has 26 heavy (non-hydrogen) atoms. The lowest BCUT2D eigenvalue weighted by Crippen LogP contribution is -2.12. The van der Waals surface area contributed by atoms with Gasteiger partial charge in [0.1, 0.15) is 5.75 Å². The minimum Gasteiger partial charge on any atom is -0.508 e. The third kappa shape index (κ3) is 4.13. The maximum absolute atomic E-state index is 10.2. The molecule has 1 atom stereocenters. The number of anilines is 1. The van der Waals surface area contributed by atoms with Crippen molar-refractivity contribution in [1.82, 2.24) is 9.55 Å². The summed E-state index contributed by atoms with van der Waals surface area (Å²) in [5.74, 6) is 1.06. The highest BCUT2D eigenvalue weighted by molar-refractivity contribution is 6.30. The van der Waals surface area contributed by atoms with Crippen molar-refractivity contribution in [2.75, 3.05) is 5.32 Å². The first-order chi connectivity index (χ1) is 12.6. The van der Waals surface area contributed by atoms with E-state index in [1.165, 1.54) is 19.3 Å². The number of aromatic nitrogens is 2. The number of imidazole rings is 1. The fraction of sp³-hybridized carbons (Fsp3) is 0.381. The Morgan fingerprint density at radius 1 is 1.15 bits per heavy atom. The van der Waals surface area contributed by atoms with Crippen molar-refractivity contribution in [3.63, 3.8) is 0 Å². The highest BCUT2D eigenvalue weighted by Crippen LogP contribution is 2.30. The Morgan fingerprint density at radius 2 is 1.96 bits per heavy atom. The Morgan fingerprint density at radius 3 is 2.77 bits per heavy atom. The van der Waals surface area contributed by atoms with Gasteiger partial charge in [-0.05, 0) is 43.7 Å². The zero-order valence-electron chi connectivity index (χ0n) is 15.4. The van der Waals surface area contributed by atoms with E-state index in [9.17, 15) is 5.11 Å². The molecule has 1 unspecified atom stereocenters. The van der Waals surface area contributed by atoms with Gasteiger partial charge in [0.15, 0.2) is 0 Å². The van der Waals surface area contributed by atoms with Crippen LogP contribution in [0.15, 0.2) is 42.5 Å². The predicted molar refractivity (Wildman–Crippen MR) is 109 cm³/mol. The predicted octanol–water partition coefficient (Wildman–Crippen LogP) is 6.15. The van der Waals surface area contributed by atoms with Crippen LogP contribution >= 0.6 is 11.6 Å². The van der Waals surface area contributed by atoms with Crippen LogP contribution in [0.25, 0.3) is 11.0 Å². The zero-order chi connectivity index (χ0) is 18.5. The molecule has 0 radical (unpaired) electrons. The Kier molecular flexibility index (Phi) is 6.04. The van der Waals surface area contributed by atoms with Crippen molar-refractivity contribution >= 4 is 28.6 Å². The molecule has 0 amide bonds. The van der Waals surface area contributed by atoms with Crippen molar-refractivity contribution in [1.29, 1.82) is 0 Å². The highest BCUT2D eigenvalue weighted by atomic mass is 35.5. The summed E-state index contributed by atoms with van der Waals surface area (Å²) in [4.78, 5) is 4.77. The molecule has 0 spiro atoms. The number of fused-ring (bicyclic) bond motifs is 1. The molecule has 0 bridgehead atoms. The van der Waals surface area contributed by atoms with Crippen molar-refractivity contribution in [3.8, 4) is 5.75 Å². The van der Waals surface area contributed by atoms with Crippen molar-refractivity contribution in [3.05, 3.63) is 53.1 Å². The molecule has 0 aliphatic carbocycles. The normalized spacial score (nSPS) is 12.4. The molecule has 1 aromatic heterocycles. The number of hydrogen-bond acceptors (Lipinski definition) is 3. The second kappa shape index (κ2) is 8.45. The summed E-state index contributed by atoms with van der Waals surface area (Å²) in [6.07, 6.45) is 4.82. The average molecular weight is 372 g/mol. The lowest BCUT2D eigenvalue weighted by atomic mass is 10.1. The van der Waals surface area contributed by atoms with Crippen LogP contribution < -0.4 is 5.32 Å². The van der Waals surface area contributed by atoms with Gasteiger partial charge < -0.3 is 15.0 Å². The maximum Gasteiger partial charge on any atom is 0.204 e. The van der Waals surface area contributed by atoms with Gasteiger partial charge in [0.05, 0.1) is 17.1 Å². The fourth-order valence-electron chi connectivity index (χ4n) is 3.25. The van der Waals surface area contributed by atoms with Gasteiger partial charge in [0.2, 0.25) is 5.95 Å². The van der Waals surface area contributed by atoms with E-state index in [2.05, 4.69) is 22.9 Å². The molecule has 2 N–H and O–H groups in total. The van der Waals surface area contributed by atoms with Gasteiger partial charge in [-0.2, -0.15) is 0 Å². The maximum atomic E-state index is 10.2. The number of halogens is 1. The number of benzene rings is 2. The minimum absolute atomic E-state index is 0.111. The fourth-order valence-corrected chi connectivity index (χ4v) is 3.43. The van der Waals surface area contributed by atoms with E-state index >= 15 is 0 Å². The van der Waals surface area contributed by atoms with Gasteiger partial charge in [-0.1, -0.05) is 49.9 Å². The van der Waals surface area contributed by atoms with E-state index in [0.717, 1.165) is 35.5 Å². The molecule has 4 nitrogen and oxygen atoms in total. The lowest BCUT2D eigenvalue weighted by molar-refractivity contribution is 0.465. The van der Waals surface area contributed by atoms with Crippen LogP contribution in [0, 0.1) is 0 Å². The van der Waals surface area contributed by atoms with E-state index < -0.39 is 0 Å².